The van der Waals surface area contributed by atoms with Crippen LogP contribution in [0.15, 0.2) is 66.7 Å². The second-order valence-corrected chi connectivity index (χ2v) is 10.9. The highest BCUT2D eigenvalue weighted by atomic mass is 35.5. The van der Waals surface area contributed by atoms with Crippen LogP contribution < -0.4 is 5.32 Å². The van der Waals surface area contributed by atoms with Crippen molar-refractivity contribution in [2.45, 2.75) is 38.2 Å². The minimum atomic E-state index is -0.774. The topological polar surface area (TPSA) is 88.5 Å². The Hall–Kier alpha value is -3.39. The van der Waals surface area contributed by atoms with Gasteiger partial charge in [-0.3, -0.25) is 10.1 Å². The van der Waals surface area contributed by atoms with Crippen LogP contribution in [0, 0.1) is 6.92 Å². The van der Waals surface area contributed by atoms with Crippen LogP contribution in [-0.2, 0) is 14.9 Å². The Morgan fingerprint density at radius 2 is 1.71 bits per heavy atom. The van der Waals surface area contributed by atoms with Gasteiger partial charge in [0, 0.05) is 21.2 Å². The molecule has 1 fully saturated rings. The Balaban J connectivity index is 1.34. The lowest BCUT2D eigenvalue weighted by Crippen LogP contribution is -2.19. The zero-order valence-electron chi connectivity index (χ0n) is 20.6. The van der Waals surface area contributed by atoms with Gasteiger partial charge < -0.3 is 9.84 Å². The molecular weight excluding hydrogens is 543 g/mol. The number of aromatic nitrogens is 1. The number of aryl methyl sites for hydroxylation is 1. The molecule has 0 aliphatic heterocycles. The molecular formula is C29H24Cl2N2O4S. The van der Waals surface area contributed by atoms with Crippen LogP contribution >= 0.6 is 34.7 Å². The van der Waals surface area contributed by atoms with Crippen LogP contribution in [0.2, 0.25) is 10.0 Å². The van der Waals surface area contributed by atoms with Crippen molar-refractivity contribution in [2.24, 2.45) is 0 Å². The zero-order chi connectivity index (χ0) is 27.0. The average Bonchev–Trinajstić information content (AvgIpc) is 3.64. The maximum absolute atomic E-state index is 12.7. The number of ether oxygens (including phenoxy) is 1. The first kappa shape index (κ1) is 26.2. The first-order valence-corrected chi connectivity index (χ1v) is 13.5. The van der Waals surface area contributed by atoms with Gasteiger partial charge >= 0.3 is 12.1 Å². The van der Waals surface area contributed by atoms with Gasteiger partial charge in [0.1, 0.15) is 6.10 Å². The summed E-state index contributed by atoms with van der Waals surface area (Å²) < 4.78 is 9.98. The third-order valence-electron chi connectivity index (χ3n) is 6.86. The molecule has 1 heterocycles. The molecule has 1 amide bonds. The van der Waals surface area contributed by atoms with Crippen LogP contribution in [-0.4, -0.2) is 21.5 Å². The number of nitrogens with zero attached hydrogens (tertiary/aromatic N) is 1. The SMILES string of the molecule is Cc1nsc(-c2ccc(-c3ccc(C4(C(=O)O)CC4)cc3)cc2Cl)c1NC(=O)OC(C)c1ccccc1Cl. The number of benzene rings is 3. The quantitative estimate of drug-likeness (QED) is 0.234. The molecule has 1 unspecified atom stereocenters. The number of nitrogens with one attached hydrogen (secondary N) is 1. The van der Waals surface area contributed by atoms with Gasteiger partial charge in [0.25, 0.3) is 0 Å². The number of carbonyl (C=O) groups is 2. The Morgan fingerprint density at radius 1 is 1.03 bits per heavy atom. The Kier molecular flexibility index (Phi) is 7.18. The van der Waals surface area contributed by atoms with Gasteiger partial charge in [-0.2, -0.15) is 4.37 Å². The van der Waals surface area contributed by atoms with Crippen molar-refractivity contribution >= 4 is 52.5 Å². The van der Waals surface area contributed by atoms with Gasteiger partial charge in [-0.15, -0.1) is 0 Å². The lowest BCUT2D eigenvalue weighted by atomic mass is 9.93. The number of carboxylic acids is 1. The highest BCUT2D eigenvalue weighted by Crippen LogP contribution is 2.49. The fourth-order valence-electron chi connectivity index (χ4n) is 4.47. The summed E-state index contributed by atoms with van der Waals surface area (Å²) in [6.45, 7) is 3.56. The van der Waals surface area contributed by atoms with E-state index in [0.717, 1.165) is 22.3 Å². The molecule has 194 valence electrons. The van der Waals surface area contributed by atoms with Crippen molar-refractivity contribution in [1.82, 2.24) is 4.37 Å². The summed E-state index contributed by atoms with van der Waals surface area (Å²) in [5.41, 5.74) is 4.54. The summed E-state index contributed by atoms with van der Waals surface area (Å²) in [5.74, 6) is -0.774. The molecule has 1 aliphatic rings. The van der Waals surface area contributed by atoms with Gasteiger partial charge in [0.05, 0.1) is 21.7 Å². The maximum Gasteiger partial charge on any atom is 0.412 e. The van der Waals surface area contributed by atoms with Crippen molar-refractivity contribution in [3.8, 4) is 21.6 Å². The third kappa shape index (κ3) is 5.01. The van der Waals surface area contributed by atoms with Crippen molar-refractivity contribution in [3.63, 3.8) is 0 Å². The second kappa shape index (κ2) is 10.4. The predicted molar refractivity (Wildman–Crippen MR) is 151 cm³/mol. The number of amides is 1. The van der Waals surface area contributed by atoms with E-state index in [1.807, 2.05) is 60.7 Å². The van der Waals surface area contributed by atoms with Crippen LogP contribution in [0.25, 0.3) is 21.6 Å². The highest BCUT2D eigenvalue weighted by molar-refractivity contribution is 7.10. The first-order chi connectivity index (χ1) is 18.2. The number of carbonyl (C=O) groups excluding carboxylic acids is 1. The molecule has 0 saturated heterocycles. The molecule has 38 heavy (non-hydrogen) atoms. The number of rotatable bonds is 7. The molecule has 0 spiro atoms. The van der Waals surface area contributed by atoms with Gasteiger partial charge in [-0.1, -0.05) is 77.8 Å². The number of halogens is 2. The van der Waals surface area contributed by atoms with Gasteiger partial charge in [-0.25, -0.2) is 4.79 Å². The van der Waals surface area contributed by atoms with Crippen LogP contribution in [0.4, 0.5) is 10.5 Å². The van der Waals surface area contributed by atoms with Gasteiger partial charge in [0.2, 0.25) is 0 Å². The molecule has 0 bridgehead atoms. The van der Waals surface area contributed by atoms with Crippen LogP contribution in [0.1, 0.15) is 42.7 Å². The summed E-state index contributed by atoms with van der Waals surface area (Å²) in [6, 6.07) is 20.5. The van der Waals surface area contributed by atoms with E-state index in [-0.39, 0.29) is 0 Å². The lowest BCUT2D eigenvalue weighted by Gasteiger charge is -2.16. The molecule has 1 atom stereocenters. The van der Waals surface area contributed by atoms with E-state index < -0.39 is 23.6 Å². The van der Waals surface area contributed by atoms with E-state index in [1.165, 1.54) is 11.5 Å². The van der Waals surface area contributed by atoms with Crippen molar-refractivity contribution in [2.75, 3.05) is 5.32 Å². The molecule has 2 N–H and O–H groups in total. The number of hydrogen-bond donors (Lipinski definition) is 2. The van der Waals surface area contributed by atoms with Crippen molar-refractivity contribution in [1.29, 1.82) is 0 Å². The third-order valence-corrected chi connectivity index (χ3v) is 8.49. The van der Waals surface area contributed by atoms with E-state index in [9.17, 15) is 14.7 Å². The molecule has 1 aromatic heterocycles. The van der Waals surface area contributed by atoms with Crippen molar-refractivity contribution in [3.05, 3.63) is 93.6 Å². The van der Waals surface area contributed by atoms with Crippen molar-refractivity contribution < 1.29 is 19.4 Å². The Labute approximate surface area is 234 Å². The maximum atomic E-state index is 12.7. The summed E-state index contributed by atoms with van der Waals surface area (Å²) in [4.78, 5) is 25.1. The van der Waals surface area contributed by atoms with Crippen LogP contribution in [0.5, 0.6) is 0 Å². The summed E-state index contributed by atoms with van der Waals surface area (Å²) in [7, 11) is 0. The number of hydrogen-bond acceptors (Lipinski definition) is 5. The average molecular weight is 567 g/mol. The molecule has 0 radical (unpaired) electrons. The molecule has 9 heteroatoms. The lowest BCUT2D eigenvalue weighted by molar-refractivity contribution is -0.140. The molecule has 4 aromatic rings. The standard InChI is InChI=1S/C29H24Cl2N2O4S/c1-16-25(32-28(36)37-17(2)21-5-3-4-6-23(21)30)26(38-33-16)22-12-9-19(15-24(22)31)18-7-10-20(11-8-18)29(13-14-29)27(34)35/h3-12,15,17H,13-14H2,1-2H3,(H,32,36)(H,34,35). The summed E-state index contributed by atoms with van der Waals surface area (Å²) >= 11 is 14.2. The van der Waals surface area contributed by atoms with E-state index in [4.69, 9.17) is 27.9 Å². The molecule has 6 nitrogen and oxygen atoms in total. The zero-order valence-corrected chi connectivity index (χ0v) is 23.0. The monoisotopic (exact) mass is 566 g/mol. The van der Waals surface area contributed by atoms with E-state index in [0.29, 0.717) is 44.7 Å². The largest absolute Gasteiger partial charge is 0.481 e. The minimum absolute atomic E-state index is 0.500. The number of anilines is 1. The number of carboxylic acid groups (broad SMARTS) is 1. The second-order valence-electron chi connectivity index (χ2n) is 9.33. The molecule has 1 aliphatic carbocycles. The first-order valence-electron chi connectivity index (χ1n) is 12.0. The van der Waals surface area contributed by atoms with Gasteiger partial charge in [0.15, 0.2) is 0 Å². The minimum Gasteiger partial charge on any atom is -0.481 e. The molecule has 1 saturated carbocycles. The van der Waals surface area contributed by atoms with Crippen LogP contribution in [0.3, 0.4) is 0 Å². The van der Waals surface area contributed by atoms with E-state index in [1.54, 1.807) is 19.9 Å². The smallest absolute Gasteiger partial charge is 0.412 e. The van der Waals surface area contributed by atoms with Gasteiger partial charge in [-0.05, 0) is 67.0 Å². The fourth-order valence-corrected chi connectivity index (χ4v) is 5.98. The summed E-state index contributed by atoms with van der Waals surface area (Å²) in [6.07, 6.45) is 0.168. The number of aliphatic carboxylic acids is 1. The molecule has 5 rings (SSSR count). The normalized spacial score (nSPS) is 14.5. The van der Waals surface area contributed by atoms with E-state index in [2.05, 4.69) is 9.69 Å². The Bertz CT molecular complexity index is 1530. The van der Waals surface area contributed by atoms with E-state index >= 15 is 0 Å². The predicted octanol–water partition coefficient (Wildman–Crippen LogP) is 8.52. The fraction of sp³-hybridized carbons (Fsp3) is 0.207. The molecule has 3 aromatic carbocycles. The highest BCUT2D eigenvalue weighted by Gasteiger charge is 2.51. The summed E-state index contributed by atoms with van der Waals surface area (Å²) in [5, 5.41) is 13.4. The Morgan fingerprint density at radius 3 is 2.34 bits per heavy atom.